The summed E-state index contributed by atoms with van der Waals surface area (Å²) in [5.41, 5.74) is 1.27. The Morgan fingerprint density at radius 3 is 2.77 bits per heavy atom. The van der Waals surface area contributed by atoms with Crippen LogP contribution in [0.4, 0.5) is 0 Å². The summed E-state index contributed by atoms with van der Waals surface area (Å²) in [5, 5.41) is 3.49. The fourth-order valence-corrected chi connectivity index (χ4v) is 3.15. The first-order chi connectivity index (χ1) is 12.8. The van der Waals surface area contributed by atoms with Crippen LogP contribution in [-0.2, 0) is 0 Å². The predicted octanol–water partition coefficient (Wildman–Crippen LogP) is 3.14. The van der Waals surface area contributed by atoms with Gasteiger partial charge in [-0.15, -0.1) is 0 Å². The Morgan fingerprint density at radius 2 is 1.96 bits per heavy atom. The smallest absolute Gasteiger partial charge is 0.193 e. The van der Waals surface area contributed by atoms with Crippen molar-refractivity contribution in [2.75, 3.05) is 40.4 Å². The van der Waals surface area contributed by atoms with Crippen molar-refractivity contribution in [3.63, 3.8) is 0 Å². The third kappa shape index (κ3) is 4.69. The van der Waals surface area contributed by atoms with Crippen LogP contribution in [0.1, 0.15) is 17.9 Å². The van der Waals surface area contributed by atoms with Crippen LogP contribution in [0.5, 0.6) is 11.5 Å². The number of hydrogen-bond donors (Lipinski definition) is 1. The monoisotopic (exact) mass is 353 g/mol. The molecule has 1 N–H and O–H groups in total. The van der Waals surface area contributed by atoms with E-state index in [2.05, 4.69) is 27.3 Å². The summed E-state index contributed by atoms with van der Waals surface area (Å²) in [4.78, 5) is 6.49. The van der Waals surface area contributed by atoms with Crippen molar-refractivity contribution in [2.24, 2.45) is 4.99 Å². The maximum Gasteiger partial charge on any atom is 0.193 e. The van der Waals surface area contributed by atoms with E-state index in [1.807, 2.05) is 56.6 Å². The van der Waals surface area contributed by atoms with Crippen LogP contribution in [-0.4, -0.2) is 51.3 Å². The zero-order valence-electron chi connectivity index (χ0n) is 15.5. The Labute approximate surface area is 155 Å². The Morgan fingerprint density at radius 1 is 1.19 bits per heavy atom. The maximum absolute atomic E-state index is 5.77. The van der Waals surface area contributed by atoms with E-state index in [9.17, 15) is 0 Å². The summed E-state index contributed by atoms with van der Waals surface area (Å²) in [6, 6.07) is 18.2. The van der Waals surface area contributed by atoms with E-state index in [1.54, 1.807) is 0 Å². The topological polar surface area (TPSA) is 46.1 Å². The Balaban J connectivity index is 1.49. The largest absolute Gasteiger partial charge is 0.493 e. The van der Waals surface area contributed by atoms with Crippen molar-refractivity contribution < 1.29 is 9.47 Å². The molecule has 5 nitrogen and oxygen atoms in total. The van der Waals surface area contributed by atoms with Crippen molar-refractivity contribution in [3.8, 4) is 11.5 Å². The molecule has 1 aliphatic heterocycles. The third-order valence-corrected chi connectivity index (χ3v) is 4.60. The number of guanidine groups is 1. The molecule has 0 saturated heterocycles. The zero-order valence-corrected chi connectivity index (χ0v) is 15.5. The number of rotatable bonds is 6. The summed E-state index contributed by atoms with van der Waals surface area (Å²) in [6.07, 6.45) is 1.02. The second-order valence-corrected chi connectivity index (χ2v) is 6.38. The molecule has 26 heavy (non-hydrogen) atoms. The second kappa shape index (κ2) is 9.13. The quantitative estimate of drug-likeness (QED) is 0.640. The Kier molecular flexibility index (Phi) is 6.36. The van der Waals surface area contributed by atoms with Gasteiger partial charge in [0, 0.05) is 26.6 Å². The van der Waals surface area contributed by atoms with E-state index in [0.717, 1.165) is 43.6 Å². The molecule has 3 rings (SSSR count). The van der Waals surface area contributed by atoms with Crippen LogP contribution in [0.2, 0.25) is 0 Å². The highest BCUT2D eigenvalue weighted by atomic mass is 16.5. The van der Waals surface area contributed by atoms with Gasteiger partial charge in [-0.1, -0.05) is 36.4 Å². The van der Waals surface area contributed by atoms with Crippen molar-refractivity contribution in [1.82, 2.24) is 10.2 Å². The molecule has 0 amide bonds. The highest BCUT2D eigenvalue weighted by Gasteiger charge is 2.21. The van der Waals surface area contributed by atoms with Gasteiger partial charge in [0.1, 0.15) is 18.1 Å². The normalized spacial score (nSPS) is 16.4. The van der Waals surface area contributed by atoms with Crippen LogP contribution in [0.3, 0.4) is 0 Å². The van der Waals surface area contributed by atoms with Crippen LogP contribution >= 0.6 is 0 Å². The Hall–Kier alpha value is -2.69. The average Bonchev–Trinajstić information content (AvgIpc) is 2.69. The van der Waals surface area contributed by atoms with Gasteiger partial charge in [-0.2, -0.15) is 0 Å². The van der Waals surface area contributed by atoms with Gasteiger partial charge in [-0.05, 0) is 30.2 Å². The molecule has 5 heteroatoms. The highest BCUT2D eigenvalue weighted by Crippen LogP contribution is 2.32. The molecule has 0 fully saturated rings. The van der Waals surface area contributed by atoms with E-state index in [1.165, 1.54) is 5.56 Å². The minimum Gasteiger partial charge on any atom is -0.493 e. The number of fused-ring (bicyclic) bond motifs is 1. The van der Waals surface area contributed by atoms with Crippen LogP contribution < -0.4 is 14.8 Å². The van der Waals surface area contributed by atoms with Crippen LogP contribution in [0.25, 0.3) is 0 Å². The fraction of sp³-hybridized carbons (Fsp3) is 0.381. The summed E-state index contributed by atoms with van der Waals surface area (Å²) in [5.74, 6) is 3.21. The van der Waals surface area contributed by atoms with E-state index >= 15 is 0 Å². The third-order valence-electron chi connectivity index (χ3n) is 4.60. The Bertz CT molecular complexity index is 718. The first kappa shape index (κ1) is 18.1. The number of hydrogen-bond acceptors (Lipinski definition) is 3. The summed E-state index contributed by atoms with van der Waals surface area (Å²) in [6.45, 7) is 2.99. The predicted molar refractivity (Wildman–Crippen MR) is 105 cm³/mol. The van der Waals surface area contributed by atoms with E-state index in [-0.39, 0.29) is 0 Å². The molecule has 0 bridgehead atoms. The van der Waals surface area contributed by atoms with Crippen molar-refractivity contribution in [3.05, 3.63) is 60.2 Å². The van der Waals surface area contributed by atoms with Crippen molar-refractivity contribution in [2.45, 2.75) is 12.3 Å². The molecule has 0 spiro atoms. The highest BCUT2D eigenvalue weighted by molar-refractivity contribution is 5.79. The lowest BCUT2D eigenvalue weighted by molar-refractivity contribution is 0.264. The molecular weight excluding hydrogens is 326 g/mol. The van der Waals surface area contributed by atoms with Gasteiger partial charge in [0.15, 0.2) is 5.96 Å². The average molecular weight is 353 g/mol. The molecule has 1 aliphatic rings. The van der Waals surface area contributed by atoms with Gasteiger partial charge in [0.2, 0.25) is 0 Å². The lowest BCUT2D eigenvalue weighted by Gasteiger charge is -2.28. The molecular formula is C21H27N3O2. The molecule has 2 aromatic rings. The summed E-state index contributed by atoms with van der Waals surface area (Å²) in [7, 11) is 3.84. The number of benzene rings is 2. The second-order valence-electron chi connectivity index (χ2n) is 6.38. The van der Waals surface area contributed by atoms with Crippen molar-refractivity contribution in [1.29, 1.82) is 0 Å². The van der Waals surface area contributed by atoms with Gasteiger partial charge >= 0.3 is 0 Å². The molecule has 1 unspecified atom stereocenters. The molecule has 2 aromatic carbocycles. The number of ether oxygens (including phenoxy) is 2. The maximum atomic E-state index is 5.77. The molecule has 138 valence electrons. The molecule has 1 heterocycles. The minimum absolute atomic E-state index is 0.436. The van der Waals surface area contributed by atoms with Crippen LogP contribution in [0.15, 0.2) is 59.6 Å². The number of likely N-dealkylation sites (N-methyl/N-ethyl adjacent to an activating group) is 1. The van der Waals surface area contributed by atoms with E-state index < -0.39 is 0 Å². The van der Waals surface area contributed by atoms with Gasteiger partial charge < -0.3 is 19.7 Å². The van der Waals surface area contributed by atoms with Crippen LogP contribution in [0, 0.1) is 0 Å². The number of para-hydroxylation sites is 2. The van der Waals surface area contributed by atoms with Crippen molar-refractivity contribution >= 4 is 5.96 Å². The lowest BCUT2D eigenvalue weighted by Crippen LogP contribution is -2.42. The number of aliphatic imine (C=N–C) groups is 1. The molecule has 0 saturated carbocycles. The summed E-state index contributed by atoms with van der Waals surface area (Å²) >= 11 is 0. The molecule has 0 aliphatic carbocycles. The zero-order chi connectivity index (χ0) is 18.2. The molecule has 0 radical (unpaired) electrons. The first-order valence-electron chi connectivity index (χ1n) is 9.09. The SMILES string of the molecule is CN=C(NCC1CCOc2ccccc21)N(C)CCOc1ccccc1. The van der Waals surface area contributed by atoms with E-state index in [4.69, 9.17) is 9.47 Å². The number of nitrogens with one attached hydrogen (secondary N) is 1. The van der Waals surface area contributed by atoms with Gasteiger partial charge in [-0.3, -0.25) is 4.99 Å². The van der Waals surface area contributed by atoms with Gasteiger partial charge in [-0.25, -0.2) is 0 Å². The minimum atomic E-state index is 0.436. The lowest BCUT2D eigenvalue weighted by atomic mass is 9.93. The first-order valence-corrected chi connectivity index (χ1v) is 9.09. The standard InChI is InChI=1S/C21H27N3O2/c1-22-21(24(2)13-15-25-18-8-4-3-5-9-18)23-16-17-12-14-26-20-11-7-6-10-19(17)20/h3-11,17H,12-16H2,1-2H3,(H,22,23). The van der Waals surface area contributed by atoms with E-state index in [0.29, 0.717) is 12.5 Å². The van der Waals surface area contributed by atoms with Gasteiger partial charge in [0.25, 0.3) is 0 Å². The molecule has 0 aromatic heterocycles. The van der Waals surface area contributed by atoms with Gasteiger partial charge in [0.05, 0.1) is 13.2 Å². The number of nitrogens with zero attached hydrogens (tertiary/aromatic N) is 2. The molecule has 1 atom stereocenters. The summed E-state index contributed by atoms with van der Waals surface area (Å²) < 4.78 is 11.5. The fourth-order valence-electron chi connectivity index (χ4n) is 3.15.